The lowest BCUT2D eigenvalue weighted by atomic mass is 10.0. The van der Waals surface area contributed by atoms with Crippen LogP contribution in [0.4, 0.5) is 0 Å². The second-order valence-electron chi connectivity index (χ2n) is 8.04. The number of hydrogen-bond acceptors (Lipinski definition) is 4. The molecule has 1 aromatic heterocycles. The van der Waals surface area contributed by atoms with Crippen LogP contribution in [0, 0.1) is 0 Å². The van der Waals surface area contributed by atoms with Gasteiger partial charge < -0.3 is 9.72 Å². The predicted molar refractivity (Wildman–Crippen MR) is 149 cm³/mol. The average molecular weight is 573 g/mol. The summed E-state index contributed by atoms with van der Waals surface area (Å²) in [5.41, 5.74) is 6.35. The summed E-state index contributed by atoms with van der Waals surface area (Å²) >= 11 is 9.45. The number of halogens is 2. The molecule has 1 amide bonds. The average Bonchev–Trinajstić information content (AvgIpc) is 3.31. The van der Waals surface area contributed by atoms with Gasteiger partial charge in [0.25, 0.3) is 5.91 Å². The van der Waals surface area contributed by atoms with Crippen LogP contribution in [0.1, 0.15) is 26.4 Å². The van der Waals surface area contributed by atoms with E-state index in [1.807, 2.05) is 48.5 Å². The molecule has 0 unspecified atom stereocenters. The monoisotopic (exact) mass is 571 g/mol. The number of carbonyl (C=O) groups excluding carboxylic acids is 2. The third-order valence-corrected chi connectivity index (χ3v) is 6.56. The van der Waals surface area contributed by atoms with E-state index in [9.17, 15) is 9.59 Å². The zero-order chi connectivity index (χ0) is 25.8. The van der Waals surface area contributed by atoms with Gasteiger partial charge in [-0.1, -0.05) is 66.2 Å². The second-order valence-corrected chi connectivity index (χ2v) is 9.33. The van der Waals surface area contributed by atoms with Crippen molar-refractivity contribution in [3.63, 3.8) is 0 Å². The summed E-state index contributed by atoms with van der Waals surface area (Å²) in [5.74, 6) is -0.633. The minimum Gasteiger partial charge on any atom is -0.422 e. The van der Waals surface area contributed by atoms with Crippen molar-refractivity contribution in [3.05, 3.63) is 123 Å². The Morgan fingerprint density at radius 2 is 1.62 bits per heavy atom. The topological polar surface area (TPSA) is 83.5 Å². The van der Waals surface area contributed by atoms with Gasteiger partial charge in [-0.3, -0.25) is 4.79 Å². The van der Waals surface area contributed by atoms with Crippen LogP contribution in [0.5, 0.6) is 5.75 Å². The number of rotatable bonds is 6. The number of benzene rings is 4. The Morgan fingerprint density at radius 1 is 0.892 bits per heavy atom. The van der Waals surface area contributed by atoms with Crippen molar-refractivity contribution in [1.82, 2.24) is 10.4 Å². The molecule has 0 radical (unpaired) electrons. The van der Waals surface area contributed by atoms with Crippen molar-refractivity contribution < 1.29 is 14.3 Å². The van der Waals surface area contributed by atoms with Crippen molar-refractivity contribution in [2.45, 2.75) is 0 Å². The summed E-state index contributed by atoms with van der Waals surface area (Å²) in [6, 6.07) is 28.8. The minimum absolute atomic E-state index is 0.306. The number of hydrogen-bond donors (Lipinski definition) is 2. The molecule has 0 aliphatic carbocycles. The van der Waals surface area contributed by atoms with Gasteiger partial charge in [0, 0.05) is 26.0 Å². The van der Waals surface area contributed by atoms with E-state index in [0.29, 0.717) is 27.6 Å². The molecule has 0 spiro atoms. The molecule has 6 nitrogen and oxygen atoms in total. The number of aromatic amines is 1. The van der Waals surface area contributed by atoms with Crippen LogP contribution in [0.2, 0.25) is 5.02 Å². The molecule has 182 valence electrons. The van der Waals surface area contributed by atoms with Crippen LogP contribution in [-0.2, 0) is 0 Å². The van der Waals surface area contributed by atoms with Gasteiger partial charge in [0.1, 0.15) is 11.4 Å². The number of amides is 1. The Morgan fingerprint density at radius 3 is 2.41 bits per heavy atom. The molecule has 2 N–H and O–H groups in total. The maximum Gasteiger partial charge on any atom is 0.343 e. The lowest BCUT2D eigenvalue weighted by molar-refractivity contribution is 0.0734. The Balaban J connectivity index is 1.39. The van der Waals surface area contributed by atoms with E-state index >= 15 is 0 Å². The van der Waals surface area contributed by atoms with E-state index in [1.165, 1.54) is 6.21 Å². The first-order valence-electron chi connectivity index (χ1n) is 11.3. The second kappa shape index (κ2) is 10.8. The van der Waals surface area contributed by atoms with E-state index in [4.69, 9.17) is 16.3 Å². The fourth-order valence-electron chi connectivity index (χ4n) is 3.90. The van der Waals surface area contributed by atoms with Crippen LogP contribution in [0.15, 0.2) is 107 Å². The highest BCUT2D eigenvalue weighted by Crippen LogP contribution is 2.35. The number of H-pyrrole nitrogens is 1. The summed E-state index contributed by atoms with van der Waals surface area (Å²) in [7, 11) is 0. The van der Waals surface area contributed by atoms with E-state index in [2.05, 4.69) is 31.4 Å². The number of aromatic nitrogens is 1. The van der Waals surface area contributed by atoms with Crippen molar-refractivity contribution in [1.29, 1.82) is 0 Å². The van der Waals surface area contributed by atoms with Crippen LogP contribution in [-0.4, -0.2) is 23.1 Å². The number of esters is 1. The molecule has 0 aliphatic heterocycles. The summed E-state index contributed by atoms with van der Waals surface area (Å²) in [4.78, 5) is 29.0. The predicted octanol–water partition coefficient (Wildman–Crippen LogP) is 7.23. The number of para-hydroxylation sites is 2. The summed E-state index contributed by atoms with van der Waals surface area (Å²) < 4.78 is 6.39. The molecule has 5 aromatic rings. The van der Waals surface area contributed by atoms with E-state index in [0.717, 1.165) is 26.5 Å². The molecule has 8 heteroatoms. The standard InChI is InChI=1S/C29H19BrClN3O3/c30-23-11-6-10-22-25(18-7-2-1-3-8-18)27(33-26(22)23)28(35)34-32-17-20-9-4-5-12-24(20)37-29(36)19-13-15-21(31)16-14-19/h1-17,33H,(H,34,35). The van der Waals surface area contributed by atoms with Crippen LogP contribution < -0.4 is 10.2 Å². The van der Waals surface area contributed by atoms with Gasteiger partial charge in [0.15, 0.2) is 0 Å². The number of fused-ring (bicyclic) bond motifs is 1. The van der Waals surface area contributed by atoms with Crippen LogP contribution in [0.25, 0.3) is 22.0 Å². The zero-order valence-electron chi connectivity index (χ0n) is 19.2. The maximum atomic E-state index is 13.2. The molecule has 5 rings (SSSR count). The first-order valence-corrected chi connectivity index (χ1v) is 12.4. The van der Waals surface area contributed by atoms with E-state index in [1.54, 1.807) is 48.5 Å². The molecule has 4 aromatic carbocycles. The molecule has 0 saturated carbocycles. The number of carbonyl (C=O) groups is 2. The van der Waals surface area contributed by atoms with Gasteiger partial charge in [0.2, 0.25) is 0 Å². The van der Waals surface area contributed by atoms with Crippen molar-refractivity contribution in [3.8, 4) is 16.9 Å². The lowest BCUT2D eigenvalue weighted by Crippen LogP contribution is -2.19. The number of ether oxygens (including phenoxy) is 1. The summed E-state index contributed by atoms with van der Waals surface area (Å²) in [5, 5.41) is 5.57. The molecule has 0 atom stereocenters. The van der Waals surface area contributed by atoms with Crippen LogP contribution in [0.3, 0.4) is 0 Å². The quantitative estimate of drug-likeness (QED) is 0.0974. The zero-order valence-corrected chi connectivity index (χ0v) is 21.6. The third kappa shape index (κ3) is 5.33. The van der Waals surface area contributed by atoms with Gasteiger partial charge in [0.05, 0.1) is 17.3 Å². The summed E-state index contributed by atoms with van der Waals surface area (Å²) in [6.07, 6.45) is 1.43. The van der Waals surface area contributed by atoms with Crippen molar-refractivity contribution >= 4 is 56.5 Å². The molecule has 0 bridgehead atoms. The van der Waals surface area contributed by atoms with Gasteiger partial charge in [-0.05, 0) is 64.0 Å². The minimum atomic E-state index is -0.530. The molecule has 37 heavy (non-hydrogen) atoms. The molecule has 0 aliphatic rings. The highest BCUT2D eigenvalue weighted by molar-refractivity contribution is 9.10. The normalized spacial score (nSPS) is 11.1. The molecule has 0 fully saturated rings. The van der Waals surface area contributed by atoms with Crippen molar-refractivity contribution in [2.75, 3.05) is 0 Å². The number of nitrogens with one attached hydrogen (secondary N) is 2. The Hall–Kier alpha value is -4.20. The van der Waals surface area contributed by atoms with Gasteiger partial charge in [-0.15, -0.1) is 0 Å². The Kier molecular flexibility index (Phi) is 7.16. The van der Waals surface area contributed by atoms with E-state index in [-0.39, 0.29) is 0 Å². The summed E-state index contributed by atoms with van der Waals surface area (Å²) in [6.45, 7) is 0. The molecule has 0 saturated heterocycles. The Labute approximate surface area is 226 Å². The fourth-order valence-corrected chi connectivity index (χ4v) is 4.49. The lowest BCUT2D eigenvalue weighted by Gasteiger charge is -2.07. The molecular weight excluding hydrogens is 554 g/mol. The number of nitrogens with zero attached hydrogens (tertiary/aromatic N) is 1. The van der Waals surface area contributed by atoms with Gasteiger partial charge in [-0.25, -0.2) is 10.2 Å². The Bertz CT molecular complexity index is 1630. The first kappa shape index (κ1) is 24.5. The highest BCUT2D eigenvalue weighted by atomic mass is 79.9. The molecule has 1 heterocycles. The largest absolute Gasteiger partial charge is 0.422 e. The number of hydrazone groups is 1. The molecular formula is C29H19BrClN3O3. The third-order valence-electron chi connectivity index (χ3n) is 5.64. The van der Waals surface area contributed by atoms with Crippen LogP contribution >= 0.6 is 27.5 Å². The first-order chi connectivity index (χ1) is 18.0. The van der Waals surface area contributed by atoms with Gasteiger partial charge >= 0.3 is 5.97 Å². The smallest absolute Gasteiger partial charge is 0.343 e. The highest BCUT2D eigenvalue weighted by Gasteiger charge is 2.20. The SMILES string of the molecule is O=C(Oc1ccccc1C=NNC(=O)c1[nH]c2c(Br)cccc2c1-c1ccccc1)c1ccc(Cl)cc1. The maximum absolute atomic E-state index is 13.2. The van der Waals surface area contributed by atoms with Crippen molar-refractivity contribution in [2.24, 2.45) is 5.10 Å². The fraction of sp³-hybridized carbons (Fsp3) is 0. The van der Waals surface area contributed by atoms with E-state index < -0.39 is 11.9 Å². The van der Waals surface area contributed by atoms with Gasteiger partial charge in [-0.2, -0.15) is 5.10 Å².